The first kappa shape index (κ1) is 20.4. The van der Waals surface area contributed by atoms with Crippen LogP contribution in [-0.4, -0.2) is 11.9 Å². The average Bonchev–Trinajstić information content (AvgIpc) is 2.97. The van der Waals surface area contributed by atoms with Crippen molar-refractivity contribution in [2.75, 3.05) is 0 Å². The van der Waals surface area contributed by atoms with Crippen LogP contribution >= 0.6 is 22.7 Å². The lowest BCUT2D eigenvalue weighted by Crippen LogP contribution is -2.05. The molecule has 2 aromatic heterocycles. The highest BCUT2D eigenvalue weighted by atomic mass is 32.1. The van der Waals surface area contributed by atoms with E-state index in [1.54, 1.807) is 22.7 Å². The number of hydrogen-bond donors (Lipinski definition) is 0. The van der Waals surface area contributed by atoms with Gasteiger partial charge in [0.05, 0.1) is 0 Å². The zero-order valence-corrected chi connectivity index (χ0v) is 17.7. The first-order chi connectivity index (χ1) is 12.2. The molecule has 0 fully saturated rings. The highest BCUT2D eigenvalue weighted by molar-refractivity contribution is 7.12. The van der Waals surface area contributed by atoms with Gasteiger partial charge in [0, 0.05) is 42.8 Å². The minimum absolute atomic E-state index is 0.215. The van der Waals surface area contributed by atoms with Crippen molar-refractivity contribution in [2.45, 2.75) is 54.8 Å². The van der Waals surface area contributed by atoms with E-state index in [-0.39, 0.29) is 13.2 Å². The summed E-state index contributed by atoms with van der Waals surface area (Å²) in [7, 11) is 0. The van der Waals surface area contributed by atoms with Crippen molar-refractivity contribution >= 4 is 34.6 Å². The fraction of sp³-hybridized carbons (Fsp3) is 0.400. The summed E-state index contributed by atoms with van der Waals surface area (Å²) in [5.41, 5.74) is 4.38. The fourth-order valence-corrected chi connectivity index (χ4v) is 4.77. The van der Waals surface area contributed by atoms with Gasteiger partial charge in [0.1, 0.15) is 13.2 Å². The fourth-order valence-electron chi connectivity index (χ4n) is 2.63. The third-order valence-corrected chi connectivity index (χ3v) is 6.83. The minimum Gasteiger partial charge on any atom is -0.458 e. The summed E-state index contributed by atoms with van der Waals surface area (Å²) in [6.45, 7) is 12.6. The Labute approximate surface area is 162 Å². The number of carbonyl (C=O) groups excluding carboxylic acids is 2. The third kappa shape index (κ3) is 4.83. The number of ether oxygens (including phenoxy) is 2. The summed E-state index contributed by atoms with van der Waals surface area (Å²) in [5, 5.41) is 0. The number of esters is 2. The molecular weight excluding hydrogens is 368 g/mol. The van der Waals surface area contributed by atoms with E-state index in [0.717, 1.165) is 44.2 Å². The molecule has 0 aliphatic heterocycles. The van der Waals surface area contributed by atoms with Gasteiger partial charge in [0.25, 0.3) is 0 Å². The van der Waals surface area contributed by atoms with Crippen molar-refractivity contribution in [1.29, 1.82) is 0 Å². The predicted octanol–water partition coefficient (Wildman–Crippen LogP) is 5.00. The van der Waals surface area contributed by atoms with E-state index in [2.05, 4.69) is 0 Å². The molecule has 0 amide bonds. The van der Waals surface area contributed by atoms with E-state index in [9.17, 15) is 9.59 Å². The maximum Gasteiger partial charge on any atom is 0.331 e. The van der Waals surface area contributed by atoms with Gasteiger partial charge in [-0.25, -0.2) is 9.59 Å². The monoisotopic (exact) mass is 392 g/mol. The Morgan fingerprint density at radius 3 is 1.31 bits per heavy atom. The second-order valence-electron chi connectivity index (χ2n) is 6.18. The van der Waals surface area contributed by atoms with Gasteiger partial charge in [0.2, 0.25) is 0 Å². The molecular formula is C20H24O4S2. The summed E-state index contributed by atoms with van der Waals surface area (Å²) >= 11 is 3.38. The zero-order valence-electron chi connectivity index (χ0n) is 16.0. The lowest BCUT2D eigenvalue weighted by Gasteiger charge is -2.05. The quantitative estimate of drug-likeness (QED) is 0.513. The number of aryl methyl sites for hydroxylation is 4. The SMILES string of the molecule is Cc1sc(C)c(COC(=O)/C=C\C(=O)OCc2c(C)sc(C)c2C)c1C. The molecule has 0 spiro atoms. The van der Waals surface area contributed by atoms with Gasteiger partial charge in [-0.2, -0.15) is 0 Å². The Morgan fingerprint density at radius 1 is 0.692 bits per heavy atom. The summed E-state index contributed by atoms with van der Waals surface area (Å²) in [5.74, 6) is -1.10. The van der Waals surface area contributed by atoms with Gasteiger partial charge in [-0.05, 0) is 52.7 Å². The highest BCUT2D eigenvalue weighted by Crippen LogP contribution is 2.28. The summed E-state index contributed by atoms with van der Waals surface area (Å²) in [6, 6.07) is 0. The molecule has 140 valence electrons. The Balaban J connectivity index is 1.84. The van der Waals surface area contributed by atoms with Crippen molar-refractivity contribution in [2.24, 2.45) is 0 Å². The molecule has 6 heteroatoms. The van der Waals surface area contributed by atoms with E-state index in [0.29, 0.717) is 0 Å². The smallest absolute Gasteiger partial charge is 0.331 e. The van der Waals surface area contributed by atoms with Crippen LogP contribution in [0.2, 0.25) is 0 Å². The third-order valence-electron chi connectivity index (χ3n) is 4.50. The van der Waals surface area contributed by atoms with Gasteiger partial charge in [-0.15, -0.1) is 22.7 Å². The zero-order chi connectivity index (χ0) is 19.4. The van der Waals surface area contributed by atoms with Crippen molar-refractivity contribution in [3.63, 3.8) is 0 Å². The molecule has 0 aliphatic rings. The van der Waals surface area contributed by atoms with E-state index in [1.165, 1.54) is 9.75 Å². The number of carbonyl (C=O) groups is 2. The van der Waals surface area contributed by atoms with Gasteiger partial charge in [0.15, 0.2) is 0 Å². The predicted molar refractivity (Wildman–Crippen MR) is 106 cm³/mol. The van der Waals surface area contributed by atoms with Gasteiger partial charge in [-0.3, -0.25) is 0 Å². The van der Waals surface area contributed by atoms with Crippen LogP contribution in [0, 0.1) is 41.5 Å². The van der Waals surface area contributed by atoms with Crippen molar-refractivity contribution in [3.8, 4) is 0 Å². The minimum atomic E-state index is -0.552. The Bertz CT molecular complexity index is 786. The van der Waals surface area contributed by atoms with Crippen LogP contribution in [0.3, 0.4) is 0 Å². The molecule has 0 N–H and O–H groups in total. The van der Waals surface area contributed by atoms with Crippen LogP contribution in [0.4, 0.5) is 0 Å². The molecule has 2 aromatic rings. The molecule has 26 heavy (non-hydrogen) atoms. The first-order valence-electron chi connectivity index (χ1n) is 8.33. The van der Waals surface area contributed by atoms with Crippen LogP contribution in [0.1, 0.15) is 41.8 Å². The van der Waals surface area contributed by atoms with Crippen LogP contribution in [0.5, 0.6) is 0 Å². The van der Waals surface area contributed by atoms with Gasteiger partial charge >= 0.3 is 11.9 Å². The summed E-state index contributed by atoms with van der Waals surface area (Å²) in [6.07, 6.45) is 2.23. The lowest BCUT2D eigenvalue weighted by molar-refractivity contribution is -0.141. The number of hydrogen-bond acceptors (Lipinski definition) is 6. The first-order valence-corrected chi connectivity index (χ1v) is 9.96. The summed E-state index contributed by atoms with van der Waals surface area (Å²) < 4.78 is 10.5. The molecule has 0 unspecified atom stereocenters. The van der Waals surface area contributed by atoms with Gasteiger partial charge in [-0.1, -0.05) is 0 Å². The largest absolute Gasteiger partial charge is 0.458 e. The second-order valence-corrected chi connectivity index (χ2v) is 9.04. The molecule has 0 aliphatic carbocycles. The van der Waals surface area contributed by atoms with E-state index in [1.807, 2.05) is 41.5 Å². The van der Waals surface area contributed by atoms with Gasteiger partial charge < -0.3 is 9.47 Å². The second kappa shape index (κ2) is 8.64. The van der Waals surface area contributed by atoms with Crippen molar-refractivity contribution in [1.82, 2.24) is 0 Å². The molecule has 0 saturated heterocycles. The van der Waals surface area contributed by atoms with Crippen molar-refractivity contribution < 1.29 is 19.1 Å². The molecule has 0 radical (unpaired) electrons. The maximum absolute atomic E-state index is 11.8. The number of thiophene rings is 2. The van der Waals surface area contributed by atoms with Crippen LogP contribution in [0.15, 0.2) is 12.2 Å². The molecule has 0 saturated carbocycles. The molecule has 0 aromatic carbocycles. The Hall–Kier alpha value is -1.92. The van der Waals surface area contributed by atoms with Crippen LogP contribution in [0.25, 0.3) is 0 Å². The van der Waals surface area contributed by atoms with Crippen molar-refractivity contribution in [3.05, 3.63) is 53.9 Å². The van der Waals surface area contributed by atoms with E-state index < -0.39 is 11.9 Å². The normalized spacial score (nSPS) is 11.2. The molecule has 0 bridgehead atoms. The highest BCUT2D eigenvalue weighted by Gasteiger charge is 2.12. The summed E-state index contributed by atoms with van der Waals surface area (Å²) in [4.78, 5) is 28.4. The standard InChI is InChI=1S/C20H24O4S2/c1-11-13(3)25-15(5)17(11)9-23-19(21)7-8-20(22)24-10-18-12(2)14(4)26-16(18)6/h7-8H,9-10H2,1-6H3/b8-7-. The average molecular weight is 393 g/mol. The molecule has 4 nitrogen and oxygen atoms in total. The molecule has 0 atom stereocenters. The van der Waals surface area contributed by atoms with E-state index in [4.69, 9.17) is 9.47 Å². The van der Waals surface area contributed by atoms with Crippen LogP contribution in [-0.2, 0) is 32.3 Å². The Morgan fingerprint density at radius 2 is 1.04 bits per heavy atom. The van der Waals surface area contributed by atoms with Crippen LogP contribution < -0.4 is 0 Å². The maximum atomic E-state index is 11.8. The lowest BCUT2D eigenvalue weighted by atomic mass is 10.1. The van der Waals surface area contributed by atoms with E-state index >= 15 is 0 Å². The molecule has 2 rings (SSSR count). The Kier molecular flexibility index (Phi) is 6.78. The topological polar surface area (TPSA) is 52.6 Å². The molecule has 2 heterocycles. The number of rotatable bonds is 6.